The molecule has 2 rings (SSSR count). The van der Waals surface area contributed by atoms with Crippen LogP contribution in [0.4, 0.5) is 5.69 Å². The summed E-state index contributed by atoms with van der Waals surface area (Å²) in [6, 6.07) is 5.66. The minimum absolute atomic E-state index is 0.00430. The van der Waals surface area contributed by atoms with Gasteiger partial charge in [0, 0.05) is 18.7 Å². The van der Waals surface area contributed by atoms with Gasteiger partial charge in [0.2, 0.25) is 11.8 Å². The van der Waals surface area contributed by atoms with Crippen LogP contribution >= 0.6 is 0 Å². The van der Waals surface area contributed by atoms with Gasteiger partial charge in [-0.3, -0.25) is 9.59 Å². The summed E-state index contributed by atoms with van der Waals surface area (Å²) in [4.78, 5) is 26.0. The van der Waals surface area contributed by atoms with Gasteiger partial charge in [0.05, 0.1) is 0 Å². The van der Waals surface area contributed by atoms with Gasteiger partial charge < -0.3 is 10.2 Å². The van der Waals surface area contributed by atoms with Gasteiger partial charge in [0.1, 0.15) is 6.04 Å². The van der Waals surface area contributed by atoms with Crippen LogP contribution in [-0.4, -0.2) is 24.4 Å². The molecule has 1 aliphatic heterocycles. The lowest BCUT2D eigenvalue weighted by Gasteiger charge is -2.18. The highest BCUT2D eigenvalue weighted by Gasteiger charge is 2.33. The van der Waals surface area contributed by atoms with E-state index in [2.05, 4.69) is 12.2 Å². The molecule has 1 saturated heterocycles. The molecule has 1 aliphatic rings. The Morgan fingerprint density at radius 3 is 2.67 bits per heavy atom. The second kappa shape index (κ2) is 6.29. The predicted molar refractivity (Wildman–Crippen MR) is 84.3 cm³/mol. The van der Waals surface area contributed by atoms with Crippen molar-refractivity contribution in [1.29, 1.82) is 0 Å². The first-order chi connectivity index (χ1) is 9.88. The van der Waals surface area contributed by atoms with Crippen LogP contribution in [0.1, 0.15) is 37.8 Å². The van der Waals surface area contributed by atoms with Crippen molar-refractivity contribution >= 4 is 17.5 Å². The molecule has 0 bridgehead atoms. The smallest absolute Gasteiger partial charge is 0.249 e. The monoisotopic (exact) mass is 288 g/mol. The Hall–Kier alpha value is -1.84. The third-order valence-corrected chi connectivity index (χ3v) is 3.94. The predicted octanol–water partition coefficient (Wildman–Crippen LogP) is 2.57. The molecule has 4 nitrogen and oxygen atoms in total. The number of nitrogens with one attached hydrogen (secondary N) is 1. The number of rotatable bonds is 4. The van der Waals surface area contributed by atoms with E-state index in [1.807, 2.05) is 39.0 Å². The highest BCUT2D eigenvalue weighted by Crippen LogP contribution is 2.24. The summed E-state index contributed by atoms with van der Waals surface area (Å²) in [6.07, 6.45) is 1.14. The minimum Gasteiger partial charge on any atom is -0.344 e. The molecule has 0 aromatic heterocycles. The summed E-state index contributed by atoms with van der Waals surface area (Å²) in [7, 11) is 0. The van der Waals surface area contributed by atoms with Crippen molar-refractivity contribution in [2.24, 2.45) is 5.92 Å². The zero-order valence-electron chi connectivity index (χ0n) is 13.3. The van der Waals surface area contributed by atoms with E-state index in [0.29, 0.717) is 25.3 Å². The van der Waals surface area contributed by atoms with Crippen LogP contribution in [0, 0.1) is 19.8 Å². The zero-order chi connectivity index (χ0) is 15.6. The molecule has 1 atom stereocenters. The van der Waals surface area contributed by atoms with Crippen molar-refractivity contribution in [1.82, 2.24) is 5.32 Å². The first-order valence-corrected chi connectivity index (χ1v) is 7.56. The number of amides is 2. The van der Waals surface area contributed by atoms with E-state index in [4.69, 9.17) is 0 Å². The van der Waals surface area contributed by atoms with E-state index in [9.17, 15) is 9.59 Å². The normalized spacial score (nSPS) is 18.4. The molecule has 1 N–H and O–H groups in total. The SMILES string of the molecule is Cc1ccc(N2CC[C@@H](NC(=O)CC(C)C)C2=O)cc1C. The van der Waals surface area contributed by atoms with Gasteiger partial charge in [-0.1, -0.05) is 19.9 Å². The summed E-state index contributed by atoms with van der Waals surface area (Å²) in [5.41, 5.74) is 3.31. The van der Waals surface area contributed by atoms with Crippen LogP contribution in [-0.2, 0) is 9.59 Å². The molecule has 1 heterocycles. The summed E-state index contributed by atoms with van der Waals surface area (Å²) in [6.45, 7) is 8.75. The number of hydrogen-bond acceptors (Lipinski definition) is 2. The maximum absolute atomic E-state index is 12.4. The molecule has 0 saturated carbocycles. The van der Waals surface area contributed by atoms with Gasteiger partial charge in [-0.15, -0.1) is 0 Å². The highest BCUT2D eigenvalue weighted by molar-refractivity contribution is 6.01. The first-order valence-electron chi connectivity index (χ1n) is 7.56. The van der Waals surface area contributed by atoms with Crippen LogP contribution in [0.3, 0.4) is 0 Å². The molecule has 4 heteroatoms. The second-order valence-corrected chi connectivity index (χ2v) is 6.27. The number of anilines is 1. The van der Waals surface area contributed by atoms with Gasteiger partial charge in [-0.25, -0.2) is 0 Å². The molecule has 1 fully saturated rings. The van der Waals surface area contributed by atoms with E-state index in [1.165, 1.54) is 11.1 Å². The molecule has 1 aromatic carbocycles. The molecule has 21 heavy (non-hydrogen) atoms. The molecular weight excluding hydrogens is 264 g/mol. The molecular formula is C17H24N2O2. The van der Waals surface area contributed by atoms with Gasteiger partial charge in [0.15, 0.2) is 0 Å². The van der Waals surface area contributed by atoms with Crippen LogP contribution in [0.25, 0.3) is 0 Å². The van der Waals surface area contributed by atoms with E-state index >= 15 is 0 Å². The van der Waals surface area contributed by atoms with Gasteiger partial charge in [0.25, 0.3) is 0 Å². The lowest BCUT2D eigenvalue weighted by atomic mass is 10.1. The molecule has 114 valence electrons. The number of carbonyl (C=O) groups excluding carboxylic acids is 2. The fourth-order valence-corrected chi connectivity index (χ4v) is 2.59. The third kappa shape index (κ3) is 3.63. The second-order valence-electron chi connectivity index (χ2n) is 6.27. The van der Waals surface area contributed by atoms with Gasteiger partial charge in [-0.05, 0) is 49.4 Å². The molecule has 1 aromatic rings. The van der Waals surface area contributed by atoms with Crippen molar-refractivity contribution in [3.05, 3.63) is 29.3 Å². The lowest BCUT2D eigenvalue weighted by Crippen LogP contribution is -2.41. The Labute approximate surface area is 126 Å². The van der Waals surface area contributed by atoms with Crippen LogP contribution in [0.5, 0.6) is 0 Å². The topological polar surface area (TPSA) is 49.4 Å². The van der Waals surface area contributed by atoms with Crippen LogP contribution in [0.2, 0.25) is 0 Å². The Kier molecular flexibility index (Phi) is 4.66. The number of hydrogen-bond donors (Lipinski definition) is 1. The average molecular weight is 288 g/mol. The molecule has 0 spiro atoms. The Morgan fingerprint density at radius 1 is 1.33 bits per heavy atom. The standard InChI is InChI=1S/C17H24N2O2/c1-11(2)9-16(20)18-15-7-8-19(17(15)21)14-6-5-12(3)13(4)10-14/h5-6,10-11,15H,7-9H2,1-4H3,(H,18,20)/t15-/m1/s1. The lowest BCUT2D eigenvalue weighted by molar-refractivity contribution is -0.126. The Morgan fingerprint density at radius 2 is 2.05 bits per heavy atom. The molecule has 2 amide bonds. The summed E-state index contributed by atoms with van der Waals surface area (Å²) >= 11 is 0. The highest BCUT2D eigenvalue weighted by atomic mass is 16.2. The number of carbonyl (C=O) groups is 2. The number of benzene rings is 1. The van der Waals surface area contributed by atoms with Crippen LogP contribution in [0.15, 0.2) is 18.2 Å². The molecule has 0 aliphatic carbocycles. The van der Waals surface area contributed by atoms with Crippen molar-refractivity contribution < 1.29 is 9.59 Å². The minimum atomic E-state index is -0.377. The van der Waals surface area contributed by atoms with Crippen molar-refractivity contribution in [3.8, 4) is 0 Å². The van der Waals surface area contributed by atoms with E-state index < -0.39 is 0 Å². The van der Waals surface area contributed by atoms with E-state index in [1.54, 1.807) is 4.90 Å². The summed E-state index contributed by atoms with van der Waals surface area (Å²) in [5, 5.41) is 2.86. The molecule has 0 unspecified atom stereocenters. The third-order valence-electron chi connectivity index (χ3n) is 3.94. The van der Waals surface area contributed by atoms with Crippen molar-refractivity contribution in [3.63, 3.8) is 0 Å². The van der Waals surface area contributed by atoms with E-state index in [-0.39, 0.29) is 17.9 Å². The maximum Gasteiger partial charge on any atom is 0.249 e. The largest absolute Gasteiger partial charge is 0.344 e. The first kappa shape index (κ1) is 15.5. The summed E-state index contributed by atoms with van der Waals surface area (Å²) < 4.78 is 0. The fraction of sp³-hybridized carbons (Fsp3) is 0.529. The van der Waals surface area contributed by atoms with Crippen molar-refractivity contribution in [2.75, 3.05) is 11.4 Å². The van der Waals surface area contributed by atoms with Gasteiger partial charge in [-0.2, -0.15) is 0 Å². The van der Waals surface area contributed by atoms with Gasteiger partial charge >= 0.3 is 0 Å². The molecule has 0 radical (unpaired) electrons. The Balaban J connectivity index is 2.04. The van der Waals surface area contributed by atoms with Crippen molar-refractivity contribution in [2.45, 2.75) is 46.6 Å². The Bertz CT molecular complexity index is 552. The number of aryl methyl sites for hydroxylation is 2. The quantitative estimate of drug-likeness (QED) is 0.925. The average Bonchev–Trinajstić information content (AvgIpc) is 2.74. The maximum atomic E-state index is 12.4. The zero-order valence-corrected chi connectivity index (χ0v) is 13.3. The van der Waals surface area contributed by atoms with E-state index in [0.717, 1.165) is 5.69 Å². The van der Waals surface area contributed by atoms with Crippen LogP contribution < -0.4 is 10.2 Å². The summed E-state index contributed by atoms with van der Waals surface area (Å²) in [5.74, 6) is 0.262. The fourth-order valence-electron chi connectivity index (χ4n) is 2.59. The number of nitrogens with zero attached hydrogens (tertiary/aromatic N) is 1.